The van der Waals surface area contributed by atoms with E-state index in [1.807, 2.05) is 12.5 Å². The number of aromatic nitrogens is 2. The highest BCUT2D eigenvalue weighted by Gasteiger charge is 2.47. The van der Waals surface area contributed by atoms with Crippen molar-refractivity contribution in [1.29, 1.82) is 0 Å². The van der Waals surface area contributed by atoms with Crippen molar-refractivity contribution in [2.45, 2.75) is 58.4 Å². The van der Waals surface area contributed by atoms with Crippen LogP contribution in [0.2, 0.25) is 0 Å². The number of imidazole rings is 1. The van der Waals surface area contributed by atoms with Crippen LogP contribution in [-0.4, -0.2) is 28.7 Å². The molecule has 5 heteroatoms. The lowest BCUT2D eigenvalue weighted by molar-refractivity contribution is -0.0390. The quantitative estimate of drug-likeness (QED) is 0.745. The van der Waals surface area contributed by atoms with E-state index in [4.69, 9.17) is 0 Å². The molecule has 4 aliphatic carbocycles. The van der Waals surface area contributed by atoms with Crippen LogP contribution in [0.4, 0.5) is 4.79 Å². The molecule has 0 aromatic carbocycles. The zero-order valence-electron chi connectivity index (χ0n) is 15.4. The van der Waals surface area contributed by atoms with Crippen molar-refractivity contribution in [3.8, 4) is 0 Å². The number of carbonyl (C=O) groups is 1. The summed E-state index contributed by atoms with van der Waals surface area (Å²) in [5.74, 6) is 4.86. The number of carbonyl (C=O) groups excluding carboxylic acids is 1. The highest BCUT2D eigenvalue weighted by molar-refractivity contribution is 5.73. The summed E-state index contributed by atoms with van der Waals surface area (Å²) in [5.41, 5.74) is 1.17. The number of urea groups is 1. The van der Waals surface area contributed by atoms with Crippen LogP contribution in [0.25, 0.3) is 0 Å². The van der Waals surface area contributed by atoms with Gasteiger partial charge in [0.2, 0.25) is 0 Å². The molecule has 1 heterocycles. The van der Waals surface area contributed by atoms with Gasteiger partial charge in [0, 0.05) is 31.5 Å². The Bertz CT molecular complexity index is 568. The lowest BCUT2D eigenvalue weighted by Gasteiger charge is -2.54. The Morgan fingerprint density at radius 3 is 2.44 bits per heavy atom. The molecule has 2 amide bonds. The van der Waals surface area contributed by atoms with E-state index >= 15 is 0 Å². The van der Waals surface area contributed by atoms with E-state index in [2.05, 4.69) is 27.1 Å². The Kier molecular flexibility index (Phi) is 5.00. The number of nitrogens with zero attached hydrogens (tertiary/aromatic N) is 2. The smallest absolute Gasteiger partial charge is 0.314 e. The van der Waals surface area contributed by atoms with Crippen LogP contribution in [0.5, 0.6) is 0 Å². The SMILES string of the molecule is Cc1cncn1CCCNC(=O)NCCC1C2CC3CC(C2)CC1C3. The van der Waals surface area contributed by atoms with Crippen LogP contribution in [0.1, 0.15) is 50.6 Å². The molecule has 4 fully saturated rings. The number of nitrogens with one attached hydrogen (secondary N) is 2. The Balaban J connectivity index is 1.11. The van der Waals surface area contributed by atoms with Crippen LogP contribution >= 0.6 is 0 Å². The molecule has 5 nitrogen and oxygen atoms in total. The first-order valence-electron chi connectivity index (χ1n) is 10.2. The molecule has 1 aromatic heterocycles. The van der Waals surface area contributed by atoms with Crippen molar-refractivity contribution in [3.05, 3.63) is 18.2 Å². The fourth-order valence-electron chi connectivity index (χ4n) is 6.00. The maximum atomic E-state index is 12.0. The van der Waals surface area contributed by atoms with Gasteiger partial charge in [0.25, 0.3) is 0 Å². The zero-order valence-corrected chi connectivity index (χ0v) is 15.4. The minimum atomic E-state index is -0.00818. The molecule has 0 saturated heterocycles. The standard InChI is InChI=1S/C20H32N4O/c1-14-12-21-13-24(14)6-2-4-22-20(25)23-5-3-19-17-8-15-7-16(10-17)11-18(19)9-15/h12-13,15-19H,2-11H2,1H3,(H2,22,23,25). The molecular formula is C20H32N4O. The average Bonchev–Trinajstić information content (AvgIpc) is 2.98. The minimum absolute atomic E-state index is 0.00818. The third kappa shape index (κ3) is 3.85. The van der Waals surface area contributed by atoms with Crippen molar-refractivity contribution in [1.82, 2.24) is 20.2 Å². The summed E-state index contributed by atoms with van der Waals surface area (Å²) in [6.07, 6.45) is 13.2. The Hall–Kier alpha value is -1.52. The van der Waals surface area contributed by atoms with E-state index in [0.717, 1.165) is 49.1 Å². The third-order valence-electron chi connectivity index (χ3n) is 6.97. The number of amides is 2. The van der Waals surface area contributed by atoms with Gasteiger partial charge < -0.3 is 15.2 Å². The largest absolute Gasteiger partial charge is 0.338 e. The Labute approximate surface area is 151 Å². The molecule has 4 bridgehead atoms. The van der Waals surface area contributed by atoms with Crippen molar-refractivity contribution in [2.24, 2.45) is 29.6 Å². The summed E-state index contributed by atoms with van der Waals surface area (Å²) >= 11 is 0. The predicted molar refractivity (Wildman–Crippen MR) is 98.1 cm³/mol. The summed E-state index contributed by atoms with van der Waals surface area (Å²) in [7, 11) is 0. The van der Waals surface area contributed by atoms with Crippen LogP contribution in [0, 0.1) is 36.5 Å². The normalized spacial score (nSPS) is 32.8. The van der Waals surface area contributed by atoms with Crippen molar-refractivity contribution < 1.29 is 4.79 Å². The second-order valence-corrected chi connectivity index (χ2v) is 8.65. The summed E-state index contributed by atoms with van der Waals surface area (Å²) < 4.78 is 2.12. The third-order valence-corrected chi connectivity index (χ3v) is 6.97. The average molecular weight is 345 g/mol. The first-order chi connectivity index (χ1) is 12.2. The van der Waals surface area contributed by atoms with E-state index in [9.17, 15) is 4.79 Å². The minimum Gasteiger partial charge on any atom is -0.338 e. The highest BCUT2D eigenvalue weighted by Crippen LogP contribution is 2.57. The van der Waals surface area contributed by atoms with Gasteiger partial charge >= 0.3 is 6.03 Å². The van der Waals surface area contributed by atoms with Crippen molar-refractivity contribution >= 4 is 6.03 Å². The maximum absolute atomic E-state index is 12.0. The molecule has 4 saturated carbocycles. The van der Waals surface area contributed by atoms with Gasteiger partial charge in [-0.05, 0) is 81.5 Å². The fraction of sp³-hybridized carbons (Fsp3) is 0.800. The fourth-order valence-corrected chi connectivity index (χ4v) is 6.00. The topological polar surface area (TPSA) is 59.0 Å². The van der Waals surface area contributed by atoms with Gasteiger partial charge in [-0.25, -0.2) is 9.78 Å². The number of hydrogen-bond acceptors (Lipinski definition) is 2. The van der Waals surface area contributed by atoms with Crippen LogP contribution in [0.3, 0.4) is 0 Å². The molecule has 0 atom stereocenters. The monoisotopic (exact) mass is 344 g/mol. The van der Waals surface area contributed by atoms with Crippen molar-refractivity contribution in [3.63, 3.8) is 0 Å². The molecule has 0 aliphatic heterocycles. The lowest BCUT2D eigenvalue weighted by Crippen LogP contribution is -2.46. The Morgan fingerprint density at radius 2 is 1.80 bits per heavy atom. The molecule has 0 radical (unpaired) electrons. The summed E-state index contributed by atoms with van der Waals surface area (Å²) in [4.78, 5) is 16.1. The van der Waals surface area contributed by atoms with E-state index in [-0.39, 0.29) is 6.03 Å². The van der Waals surface area contributed by atoms with Gasteiger partial charge in [-0.15, -0.1) is 0 Å². The van der Waals surface area contributed by atoms with Gasteiger partial charge in [-0.3, -0.25) is 0 Å². The van der Waals surface area contributed by atoms with E-state index in [1.165, 1.54) is 44.2 Å². The number of hydrogen-bond donors (Lipinski definition) is 2. The first-order valence-corrected chi connectivity index (χ1v) is 10.2. The van der Waals surface area contributed by atoms with Crippen LogP contribution in [-0.2, 0) is 6.54 Å². The molecule has 0 unspecified atom stereocenters. The van der Waals surface area contributed by atoms with E-state index < -0.39 is 0 Å². The number of aryl methyl sites for hydroxylation is 2. The number of rotatable bonds is 7. The van der Waals surface area contributed by atoms with E-state index in [1.54, 1.807) is 0 Å². The molecule has 138 valence electrons. The van der Waals surface area contributed by atoms with Gasteiger partial charge in [-0.2, -0.15) is 0 Å². The highest BCUT2D eigenvalue weighted by atomic mass is 16.2. The molecule has 0 spiro atoms. The molecule has 5 rings (SSSR count). The zero-order chi connectivity index (χ0) is 17.2. The molecule has 2 N–H and O–H groups in total. The van der Waals surface area contributed by atoms with Gasteiger partial charge in [0.05, 0.1) is 6.33 Å². The molecular weight excluding hydrogens is 312 g/mol. The second kappa shape index (κ2) is 7.38. The predicted octanol–water partition coefficient (Wildman–Crippen LogP) is 3.34. The van der Waals surface area contributed by atoms with Gasteiger partial charge in [0.15, 0.2) is 0 Å². The first kappa shape index (κ1) is 16.9. The summed E-state index contributed by atoms with van der Waals surface area (Å²) in [6, 6.07) is -0.00818. The van der Waals surface area contributed by atoms with Crippen molar-refractivity contribution in [2.75, 3.05) is 13.1 Å². The van der Waals surface area contributed by atoms with E-state index in [0.29, 0.717) is 6.54 Å². The van der Waals surface area contributed by atoms with Gasteiger partial charge in [-0.1, -0.05) is 0 Å². The summed E-state index contributed by atoms with van der Waals surface area (Å²) in [6.45, 7) is 4.50. The van der Waals surface area contributed by atoms with Crippen LogP contribution < -0.4 is 10.6 Å². The van der Waals surface area contributed by atoms with Crippen LogP contribution in [0.15, 0.2) is 12.5 Å². The lowest BCUT2D eigenvalue weighted by atomic mass is 9.51. The maximum Gasteiger partial charge on any atom is 0.314 e. The molecule has 25 heavy (non-hydrogen) atoms. The molecule has 4 aliphatic rings. The summed E-state index contributed by atoms with van der Waals surface area (Å²) in [5, 5.41) is 6.06. The second-order valence-electron chi connectivity index (χ2n) is 8.65. The molecule has 1 aromatic rings. The van der Waals surface area contributed by atoms with Gasteiger partial charge in [0.1, 0.15) is 0 Å². The Morgan fingerprint density at radius 1 is 1.12 bits per heavy atom.